The monoisotopic (exact) mass is 210 g/mol. The van der Waals surface area contributed by atoms with Gasteiger partial charge >= 0.3 is 0 Å². The predicted octanol–water partition coefficient (Wildman–Crippen LogP) is 0.258. The number of amides is 1. The van der Waals surface area contributed by atoms with Gasteiger partial charge in [-0.2, -0.15) is 0 Å². The molecule has 0 saturated carbocycles. The Bertz CT molecular complexity index is 308. The fourth-order valence-corrected chi connectivity index (χ4v) is 1.32. The van der Waals surface area contributed by atoms with Crippen LogP contribution in [0.2, 0.25) is 0 Å². The fraction of sp³-hybridized carbons (Fsp3) is 0.600. The van der Waals surface area contributed by atoms with E-state index in [9.17, 15) is 4.79 Å². The number of rotatable bonds is 7. The van der Waals surface area contributed by atoms with Gasteiger partial charge in [-0.3, -0.25) is 4.79 Å². The molecule has 84 valence electrons. The molecule has 3 N–H and O–H groups in total. The lowest BCUT2D eigenvalue weighted by atomic mass is 10.3. The quantitative estimate of drug-likeness (QED) is 0.634. The van der Waals surface area contributed by atoms with Crippen molar-refractivity contribution < 1.29 is 4.79 Å². The second-order valence-corrected chi connectivity index (χ2v) is 3.47. The number of carbonyl (C=O) groups is 1. The molecule has 1 amide bonds. The number of aryl methyl sites for hydroxylation is 1. The minimum atomic E-state index is -0.281. The first-order valence-electron chi connectivity index (χ1n) is 5.22. The Morgan fingerprint density at radius 3 is 3.13 bits per heavy atom. The van der Waals surface area contributed by atoms with Gasteiger partial charge in [-0.05, 0) is 13.0 Å². The van der Waals surface area contributed by atoms with Crippen molar-refractivity contribution in [1.82, 2.24) is 14.9 Å². The van der Waals surface area contributed by atoms with E-state index in [0.717, 1.165) is 25.2 Å². The minimum Gasteiger partial charge on any atom is -0.370 e. The molecule has 1 aromatic heterocycles. The van der Waals surface area contributed by atoms with Gasteiger partial charge in [-0.1, -0.05) is 6.92 Å². The molecule has 0 bridgehead atoms. The van der Waals surface area contributed by atoms with Crippen molar-refractivity contribution in [3.8, 4) is 0 Å². The van der Waals surface area contributed by atoms with Crippen molar-refractivity contribution in [2.45, 2.75) is 32.9 Å². The molecule has 15 heavy (non-hydrogen) atoms. The Morgan fingerprint density at radius 2 is 2.47 bits per heavy atom. The van der Waals surface area contributed by atoms with E-state index in [1.165, 1.54) is 0 Å². The van der Waals surface area contributed by atoms with E-state index >= 15 is 0 Å². The molecule has 1 rings (SSSR count). The van der Waals surface area contributed by atoms with E-state index in [1.807, 2.05) is 10.8 Å². The standard InChI is InChI=1S/C10H18N4O/c1-2-4-12-6-9-7-13-8-14(9)5-3-10(11)15/h7-8,12H,2-6H2,1H3,(H2,11,15). The molecular weight excluding hydrogens is 192 g/mol. The number of hydrogen-bond acceptors (Lipinski definition) is 3. The Labute approximate surface area is 89.7 Å². The first-order valence-corrected chi connectivity index (χ1v) is 5.22. The topological polar surface area (TPSA) is 72.9 Å². The summed E-state index contributed by atoms with van der Waals surface area (Å²) in [5.41, 5.74) is 6.18. The van der Waals surface area contributed by atoms with Crippen LogP contribution in [0.15, 0.2) is 12.5 Å². The number of imidazole rings is 1. The SMILES string of the molecule is CCCNCc1cncn1CCC(N)=O. The van der Waals surface area contributed by atoms with Crippen molar-refractivity contribution in [2.75, 3.05) is 6.54 Å². The average Bonchev–Trinajstić information content (AvgIpc) is 2.63. The number of aromatic nitrogens is 2. The maximum absolute atomic E-state index is 10.6. The van der Waals surface area contributed by atoms with E-state index in [1.54, 1.807) is 6.33 Å². The summed E-state index contributed by atoms with van der Waals surface area (Å²) in [6.07, 6.45) is 5.00. The van der Waals surface area contributed by atoms with Crippen molar-refractivity contribution in [3.63, 3.8) is 0 Å². The number of nitrogens with two attached hydrogens (primary N) is 1. The molecule has 0 atom stereocenters. The summed E-state index contributed by atoms with van der Waals surface area (Å²) in [7, 11) is 0. The fourth-order valence-electron chi connectivity index (χ4n) is 1.32. The van der Waals surface area contributed by atoms with Crippen molar-refractivity contribution in [1.29, 1.82) is 0 Å². The molecule has 0 unspecified atom stereocenters. The van der Waals surface area contributed by atoms with Crippen LogP contribution in [0.5, 0.6) is 0 Å². The van der Waals surface area contributed by atoms with Gasteiger partial charge in [0.15, 0.2) is 0 Å². The second-order valence-electron chi connectivity index (χ2n) is 3.47. The smallest absolute Gasteiger partial charge is 0.219 e. The van der Waals surface area contributed by atoms with E-state index in [-0.39, 0.29) is 5.91 Å². The van der Waals surface area contributed by atoms with Crippen LogP contribution in [-0.4, -0.2) is 22.0 Å². The molecule has 0 aromatic carbocycles. The van der Waals surface area contributed by atoms with E-state index in [4.69, 9.17) is 5.73 Å². The summed E-state index contributed by atoms with van der Waals surface area (Å²) in [4.78, 5) is 14.7. The number of nitrogens with one attached hydrogen (secondary N) is 1. The van der Waals surface area contributed by atoms with Crippen LogP contribution in [0.1, 0.15) is 25.5 Å². The number of hydrogen-bond donors (Lipinski definition) is 2. The predicted molar refractivity (Wildman–Crippen MR) is 58.0 cm³/mol. The van der Waals surface area contributed by atoms with Gasteiger partial charge < -0.3 is 15.6 Å². The molecule has 0 spiro atoms. The van der Waals surface area contributed by atoms with Crippen molar-refractivity contribution in [2.24, 2.45) is 5.73 Å². The van der Waals surface area contributed by atoms with Crippen LogP contribution in [-0.2, 0) is 17.9 Å². The zero-order valence-electron chi connectivity index (χ0n) is 9.07. The molecule has 5 nitrogen and oxygen atoms in total. The van der Waals surface area contributed by atoms with Crippen LogP contribution in [0.3, 0.4) is 0 Å². The lowest BCUT2D eigenvalue weighted by molar-refractivity contribution is -0.118. The third-order valence-corrected chi connectivity index (χ3v) is 2.13. The Hall–Kier alpha value is -1.36. The highest BCUT2D eigenvalue weighted by atomic mass is 16.1. The maximum atomic E-state index is 10.6. The highest BCUT2D eigenvalue weighted by Gasteiger charge is 2.02. The molecular formula is C10H18N4O. The van der Waals surface area contributed by atoms with Crippen LogP contribution in [0.4, 0.5) is 0 Å². The molecule has 1 aromatic rings. The van der Waals surface area contributed by atoms with Crippen molar-refractivity contribution >= 4 is 5.91 Å². The number of carbonyl (C=O) groups excluding carboxylic acids is 1. The summed E-state index contributed by atoms with van der Waals surface area (Å²) >= 11 is 0. The van der Waals surface area contributed by atoms with Gasteiger partial charge in [-0.15, -0.1) is 0 Å². The van der Waals surface area contributed by atoms with Crippen LogP contribution >= 0.6 is 0 Å². The third-order valence-electron chi connectivity index (χ3n) is 2.13. The molecule has 0 aliphatic carbocycles. The van der Waals surface area contributed by atoms with E-state index < -0.39 is 0 Å². The van der Waals surface area contributed by atoms with Crippen molar-refractivity contribution in [3.05, 3.63) is 18.2 Å². The summed E-state index contributed by atoms with van der Waals surface area (Å²) in [5, 5.41) is 3.29. The molecule has 0 aliphatic rings. The maximum Gasteiger partial charge on any atom is 0.219 e. The zero-order chi connectivity index (χ0) is 11.1. The van der Waals surface area contributed by atoms with Crippen LogP contribution in [0, 0.1) is 0 Å². The van der Waals surface area contributed by atoms with Gasteiger partial charge in [-0.25, -0.2) is 4.98 Å². The average molecular weight is 210 g/mol. The molecule has 0 radical (unpaired) electrons. The molecule has 1 heterocycles. The number of primary amides is 1. The first-order chi connectivity index (χ1) is 7.24. The summed E-state index contributed by atoms with van der Waals surface area (Å²) in [6, 6.07) is 0. The summed E-state index contributed by atoms with van der Waals surface area (Å²) in [5.74, 6) is -0.281. The summed E-state index contributed by atoms with van der Waals surface area (Å²) < 4.78 is 1.95. The Balaban J connectivity index is 2.42. The second kappa shape index (κ2) is 6.19. The highest BCUT2D eigenvalue weighted by Crippen LogP contribution is 2.00. The first kappa shape index (κ1) is 11.7. The lowest BCUT2D eigenvalue weighted by Crippen LogP contribution is -2.18. The number of nitrogens with zero attached hydrogens (tertiary/aromatic N) is 2. The van der Waals surface area contributed by atoms with Gasteiger partial charge in [0.1, 0.15) is 0 Å². The Morgan fingerprint density at radius 1 is 1.67 bits per heavy atom. The van der Waals surface area contributed by atoms with Gasteiger partial charge in [0.05, 0.1) is 12.0 Å². The van der Waals surface area contributed by atoms with Crippen LogP contribution < -0.4 is 11.1 Å². The van der Waals surface area contributed by atoms with Gasteiger partial charge in [0, 0.05) is 25.7 Å². The molecule has 0 saturated heterocycles. The van der Waals surface area contributed by atoms with E-state index in [0.29, 0.717) is 13.0 Å². The van der Waals surface area contributed by atoms with E-state index in [2.05, 4.69) is 17.2 Å². The molecule has 5 heteroatoms. The third kappa shape index (κ3) is 4.12. The molecule has 0 aliphatic heterocycles. The normalized spacial score (nSPS) is 10.5. The van der Waals surface area contributed by atoms with Crippen LogP contribution in [0.25, 0.3) is 0 Å². The van der Waals surface area contributed by atoms with Gasteiger partial charge in [0.25, 0.3) is 0 Å². The lowest BCUT2D eigenvalue weighted by Gasteiger charge is -2.07. The molecule has 0 fully saturated rings. The van der Waals surface area contributed by atoms with Gasteiger partial charge in [0.2, 0.25) is 5.91 Å². The minimum absolute atomic E-state index is 0.281. The Kier molecular flexibility index (Phi) is 4.83. The highest BCUT2D eigenvalue weighted by molar-refractivity contribution is 5.73. The summed E-state index contributed by atoms with van der Waals surface area (Å²) in [6.45, 7) is 4.50. The largest absolute Gasteiger partial charge is 0.370 e. The zero-order valence-corrected chi connectivity index (χ0v) is 9.07.